The zero-order valence-electron chi connectivity index (χ0n) is 19.3. The van der Waals surface area contributed by atoms with E-state index in [1.165, 1.54) is 7.05 Å². The molecular formula is C22H32N2O7. The molecule has 1 aromatic rings. The van der Waals surface area contributed by atoms with Crippen LogP contribution in [-0.4, -0.2) is 65.2 Å². The van der Waals surface area contributed by atoms with Crippen molar-refractivity contribution in [1.82, 2.24) is 9.80 Å². The number of carbonyl (C=O) groups excluding carboxylic acids is 4. The molecule has 0 aliphatic carbocycles. The summed E-state index contributed by atoms with van der Waals surface area (Å²) in [5.74, 6) is -0.573. The fraction of sp³-hybridized carbons (Fsp3) is 0.545. The normalized spacial score (nSPS) is 11.3. The summed E-state index contributed by atoms with van der Waals surface area (Å²) in [6.45, 7) is 8.89. The molecule has 0 heterocycles. The summed E-state index contributed by atoms with van der Waals surface area (Å²) in [6, 6.07) is 9.09. The van der Waals surface area contributed by atoms with E-state index < -0.39 is 41.8 Å². The van der Waals surface area contributed by atoms with Crippen molar-refractivity contribution >= 4 is 24.1 Å². The van der Waals surface area contributed by atoms with Crippen LogP contribution >= 0.6 is 0 Å². The van der Waals surface area contributed by atoms with E-state index in [0.717, 1.165) is 10.5 Å². The number of likely N-dealkylation sites (N-methyl/N-ethyl adjacent to an activating group) is 1. The number of carbonyl (C=O) groups is 4. The number of imide groups is 1. The second kappa shape index (κ2) is 10.8. The highest BCUT2D eigenvalue weighted by Gasteiger charge is 2.33. The maximum atomic E-state index is 12.5. The van der Waals surface area contributed by atoms with Crippen LogP contribution in [0.3, 0.4) is 0 Å². The van der Waals surface area contributed by atoms with Crippen LogP contribution in [0.25, 0.3) is 0 Å². The second-order valence-electron chi connectivity index (χ2n) is 8.98. The Hall–Kier alpha value is -3.10. The highest BCUT2D eigenvalue weighted by Crippen LogP contribution is 2.14. The van der Waals surface area contributed by atoms with Crippen LogP contribution in [0.5, 0.6) is 0 Å². The highest BCUT2D eigenvalue weighted by molar-refractivity contribution is 5.95. The molecule has 1 rings (SSSR count). The van der Waals surface area contributed by atoms with Crippen molar-refractivity contribution in [3.63, 3.8) is 0 Å². The van der Waals surface area contributed by atoms with Gasteiger partial charge in [-0.3, -0.25) is 4.79 Å². The number of rotatable bonds is 6. The topological polar surface area (TPSA) is 102 Å². The van der Waals surface area contributed by atoms with Crippen molar-refractivity contribution in [1.29, 1.82) is 0 Å². The minimum Gasteiger partial charge on any atom is -0.445 e. The van der Waals surface area contributed by atoms with Gasteiger partial charge in [0.15, 0.2) is 5.78 Å². The average molecular weight is 437 g/mol. The van der Waals surface area contributed by atoms with Crippen LogP contribution in [0, 0.1) is 0 Å². The minimum absolute atomic E-state index is 0.0557. The molecule has 0 saturated carbocycles. The fourth-order valence-electron chi connectivity index (χ4n) is 2.22. The smallest absolute Gasteiger partial charge is 0.420 e. The molecule has 0 unspecified atom stereocenters. The molecule has 0 fully saturated rings. The number of ketones is 1. The lowest BCUT2D eigenvalue weighted by molar-refractivity contribution is -0.121. The van der Waals surface area contributed by atoms with E-state index in [2.05, 4.69) is 0 Å². The van der Waals surface area contributed by atoms with Crippen molar-refractivity contribution in [2.24, 2.45) is 0 Å². The largest absolute Gasteiger partial charge is 0.445 e. The number of Topliss-reactive ketones (excluding diaryl/α,β-unsaturated/α-hetero) is 1. The Kier molecular flexibility index (Phi) is 9.02. The third kappa shape index (κ3) is 10.5. The molecule has 9 heteroatoms. The van der Waals surface area contributed by atoms with Crippen molar-refractivity contribution in [2.75, 3.05) is 20.1 Å². The highest BCUT2D eigenvalue weighted by atomic mass is 16.6. The van der Waals surface area contributed by atoms with Gasteiger partial charge in [0, 0.05) is 7.05 Å². The molecule has 9 nitrogen and oxygen atoms in total. The SMILES string of the molecule is CN(CC(=O)CN(C(=O)OC(C)(C)C)C(=O)OC(C)(C)C)C(=O)OCc1ccccc1. The standard InChI is InChI=1S/C22H32N2O7/c1-21(2,3)30-19(27)24(20(28)31-22(4,5)6)14-17(25)13-23(7)18(26)29-15-16-11-9-8-10-12-16/h8-12H,13-15H2,1-7H3. The number of nitrogens with zero attached hydrogens (tertiary/aromatic N) is 2. The summed E-state index contributed by atoms with van der Waals surface area (Å²) in [4.78, 5) is 51.2. The van der Waals surface area contributed by atoms with Crippen LogP contribution in [-0.2, 0) is 25.6 Å². The minimum atomic E-state index is -1.01. The number of ether oxygens (including phenoxy) is 3. The molecule has 172 valence electrons. The number of benzene rings is 1. The van der Waals surface area contributed by atoms with Crippen molar-refractivity contribution in [3.8, 4) is 0 Å². The van der Waals surface area contributed by atoms with Gasteiger partial charge in [-0.15, -0.1) is 0 Å². The molecule has 3 amide bonds. The first-order valence-electron chi connectivity index (χ1n) is 9.85. The van der Waals surface area contributed by atoms with E-state index in [1.807, 2.05) is 18.2 Å². The van der Waals surface area contributed by atoms with E-state index in [1.54, 1.807) is 53.7 Å². The van der Waals surface area contributed by atoms with Gasteiger partial charge in [0.1, 0.15) is 17.8 Å². The number of hydrogen-bond donors (Lipinski definition) is 0. The summed E-state index contributed by atoms with van der Waals surface area (Å²) in [6.07, 6.45) is -2.73. The van der Waals surface area contributed by atoms with Gasteiger partial charge in [-0.05, 0) is 47.1 Å². The lowest BCUT2D eigenvalue weighted by atomic mass is 10.2. The summed E-state index contributed by atoms with van der Waals surface area (Å²) >= 11 is 0. The Morgan fingerprint density at radius 1 is 0.774 bits per heavy atom. The summed E-state index contributed by atoms with van der Waals surface area (Å²) in [5, 5.41) is 0. The lowest BCUT2D eigenvalue weighted by Crippen LogP contribution is -2.47. The molecule has 0 bridgehead atoms. The monoisotopic (exact) mass is 436 g/mol. The predicted octanol–water partition coefficient (Wildman–Crippen LogP) is 4.00. The first-order valence-corrected chi connectivity index (χ1v) is 9.85. The zero-order valence-corrected chi connectivity index (χ0v) is 19.3. The Morgan fingerprint density at radius 2 is 1.26 bits per heavy atom. The lowest BCUT2D eigenvalue weighted by Gasteiger charge is -2.28. The van der Waals surface area contributed by atoms with Crippen molar-refractivity contribution in [2.45, 2.75) is 59.4 Å². The van der Waals surface area contributed by atoms with Crippen LogP contribution in [0.4, 0.5) is 14.4 Å². The number of amides is 3. The molecule has 0 atom stereocenters. The maximum Gasteiger partial charge on any atom is 0.420 e. The van der Waals surface area contributed by atoms with Gasteiger partial charge in [0.25, 0.3) is 0 Å². The van der Waals surface area contributed by atoms with Crippen LogP contribution in [0.15, 0.2) is 30.3 Å². The van der Waals surface area contributed by atoms with E-state index in [4.69, 9.17) is 14.2 Å². The first-order chi connectivity index (χ1) is 14.2. The van der Waals surface area contributed by atoms with Gasteiger partial charge < -0.3 is 19.1 Å². The third-order valence-electron chi connectivity index (χ3n) is 3.49. The van der Waals surface area contributed by atoms with E-state index in [-0.39, 0.29) is 13.2 Å². The zero-order chi connectivity index (χ0) is 23.8. The summed E-state index contributed by atoms with van der Waals surface area (Å²) in [7, 11) is 1.39. The van der Waals surface area contributed by atoms with Gasteiger partial charge in [0.05, 0.1) is 13.1 Å². The number of hydrogen-bond acceptors (Lipinski definition) is 7. The van der Waals surface area contributed by atoms with Gasteiger partial charge >= 0.3 is 18.3 Å². The van der Waals surface area contributed by atoms with E-state index in [9.17, 15) is 19.2 Å². The van der Waals surface area contributed by atoms with Gasteiger partial charge in [-0.25, -0.2) is 19.3 Å². The van der Waals surface area contributed by atoms with Gasteiger partial charge in [0.2, 0.25) is 0 Å². The van der Waals surface area contributed by atoms with E-state index in [0.29, 0.717) is 4.90 Å². The molecule has 31 heavy (non-hydrogen) atoms. The Morgan fingerprint density at radius 3 is 1.71 bits per heavy atom. The van der Waals surface area contributed by atoms with Crippen LogP contribution in [0.1, 0.15) is 47.1 Å². The molecule has 0 aliphatic heterocycles. The van der Waals surface area contributed by atoms with Crippen molar-refractivity contribution in [3.05, 3.63) is 35.9 Å². The molecule has 1 aromatic carbocycles. The molecule has 0 aromatic heterocycles. The molecular weight excluding hydrogens is 404 g/mol. The second-order valence-corrected chi connectivity index (χ2v) is 8.98. The summed E-state index contributed by atoms with van der Waals surface area (Å²) < 4.78 is 15.6. The molecule has 0 spiro atoms. The van der Waals surface area contributed by atoms with E-state index >= 15 is 0 Å². The first kappa shape index (κ1) is 25.9. The van der Waals surface area contributed by atoms with Crippen LogP contribution < -0.4 is 0 Å². The maximum absolute atomic E-state index is 12.5. The Balaban J connectivity index is 2.74. The van der Waals surface area contributed by atoms with Crippen LogP contribution in [0.2, 0.25) is 0 Å². The third-order valence-corrected chi connectivity index (χ3v) is 3.49. The van der Waals surface area contributed by atoms with Crippen molar-refractivity contribution < 1.29 is 33.4 Å². The molecule has 0 aliphatic rings. The summed E-state index contributed by atoms with van der Waals surface area (Å²) in [5.41, 5.74) is -0.951. The predicted molar refractivity (Wildman–Crippen MR) is 113 cm³/mol. The molecule has 0 radical (unpaired) electrons. The Labute approximate surface area is 183 Å². The molecule has 0 saturated heterocycles. The fourth-order valence-corrected chi connectivity index (χ4v) is 2.22. The Bertz CT molecular complexity index is 751. The molecule has 0 N–H and O–H groups in total. The quantitative estimate of drug-likeness (QED) is 0.621. The van der Waals surface area contributed by atoms with Gasteiger partial charge in [-0.2, -0.15) is 0 Å². The van der Waals surface area contributed by atoms with Gasteiger partial charge in [-0.1, -0.05) is 30.3 Å². The average Bonchev–Trinajstić information content (AvgIpc) is 2.61.